The van der Waals surface area contributed by atoms with Crippen LogP contribution >= 0.6 is 0 Å². The summed E-state index contributed by atoms with van der Waals surface area (Å²) in [5.74, 6) is 0.954. The Labute approximate surface area is 116 Å². The van der Waals surface area contributed by atoms with E-state index in [0.29, 0.717) is 22.7 Å². The van der Waals surface area contributed by atoms with Crippen LogP contribution in [-0.4, -0.2) is 11.0 Å². The molecule has 0 aromatic heterocycles. The molecule has 0 fully saturated rings. The van der Waals surface area contributed by atoms with Crippen molar-refractivity contribution in [2.45, 2.75) is 12.6 Å². The first-order valence-corrected chi connectivity index (χ1v) is 6.26. The molecule has 0 saturated heterocycles. The van der Waals surface area contributed by atoms with Crippen LogP contribution in [0.15, 0.2) is 42.5 Å². The molecule has 0 radical (unpaired) electrons. The second kappa shape index (κ2) is 4.96. The number of aliphatic hydroxyl groups excluding tert-OH is 1. The Hall–Kier alpha value is -2.37. The number of anilines is 1. The molecule has 2 aromatic carbocycles. The molecule has 2 aromatic rings. The van der Waals surface area contributed by atoms with Gasteiger partial charge in [-0.15, -0.1) is 0 Å². The number of benzene rings is 2. The fraction of sp³-hybridized carbons (Fsp3) is 0.133. The standard InChI is InChI=1S/C15H14N2O3/c16-14-11-6-5-10(7-12(11)17-15(14)19)20-13-4-2-1-3-9(13)8-18/h1-7,14,18H,8,16H2,(H,17,19). The minimum atomic E-state index is -0.622. The van der Waals surface area contributed by atoms with E-state index in [0.717, 1.165) is 5.56 Å². The van der Waals surface area contributed by atoms with E-state index in [9.17, 15) is 9.90 Å². The summed E-state index contributed by atoms with van der Waals surface area (Å²) >= 11 is 0. The van der Waals surface area contributed by atoms with E-state index in [1.807, 2.05) is 12.1 Å². The number of hydrogen-bond acceptors (Lipinski definition) is 4. The molecule has 5 nitrogen and oxygen atoms in total. The van der Waals surface area contributed by atoms with Gasteiger partial charge in [0, 0.05) is 22.9 Å². The minimum Gasteiger partial charge on any atom is -0.457 e. The van der Waals surface area contributed by atoms with Crippen LogP contribution in [0.3, 0.4) is 0 Å². The third-order valence-electron chi connectivity index (χ3n) is 3.27. The Morgan fingerprint density at radius 1 is 1.25 bits per heavy atom. The molecule has 1 unspecified atom stereocenters. The summed E-state index contributed by atoms with van der Waals surface area (Å²) < 4.78 is 5.74. The predicted octanol–water partition coefficient (Wildman–Crippen LogP) is 1.92. The lowest BCUT2D eigenvalue weighted by Gasteiger charge is -2.10. The van der Waals surface area contributed by atoms with E-state index < -0.39 is 6.04 Å². The lowest BCUT2D eigenvalue weighted by Crippen LogP contribution is -2.19. The van der Waals surface area contributed by atoms with E-state index in [2.05, 4.69) is 5.32 Å². The topological polar surface area (TPSA) is 84.6 Å². The van der Waals surface area contributed by atoms with Crippen molar-refractivity contribution in [3.05, 3.63) is 53.6 Å². The first kappa shape index (κ1) is 12.7. The number of nitrogens with one attached hydrogen (secondary N) is 1. The molecule has 4 N–H and O–H groups in total. The first-order valence-electron chi connectivity index (χ1n) is 6.26. The van der Waals surface area contributed by atoms with Gasteiger partial charge in [0.2, 0.25) is 5.91 Å². The van der Waals surface area contributed by atoms with Gasteiger partial charge in [-0.25, -0.2) is 0 Å². The van der Waals surface area contributed by atoms with Gasteiger partial charge in [0.25, 0.3) is 0 Å². The molecular formula is C15H14N2O3. The molecule has 5 heteroatoms. The van der Waals surface area contributed by atoms with Crippen molar-refractivity contribution < 1.29 is 14.6 Å². The van der Waals surface area contributed by atoms with E-state index in [4.69, 9.17) is 10.5 Å². The maximum Gasteiger partial charge on any atom is 0.245 e. The third-order valence-corrected chi connectivity index (χ3v) is 3.27. The fourth-order valence-corrected chi connectivity index (χ4v) is 2.19. The number of fused-ring (bicyclic) bond motifs is 1. The number of carbonyl (C=O) groups excluding carboxylic acids is 1. The Balaban J connectivity index is 1.90. The lowest BCUT2D eigenvalue weighted by molar-refractivity contribution is -0.116. The summed E-state index contributed by atoms with van der Waals surface area (Å²) in [7, 11) is 0. The lowest BCUT2D eigenvalue weighted by atomic mass is 10.1. The van der Waals surface area contributed by atoms with E-state index >= 15 is 0 Å². The summed E-state index contributed by atoms with van der Waals surface area (Å²) in [4.78, 5) is 11.5. The van der Waals surface area contributed by atoms with Crippen molar-refractivity contribution in [1.29, 1.82) is 0 Å². The highest BCUT2D eigenvalue weighted by molar-refractivity contribution is 6.02. The number of para-hydroxylation sites is 1. The number of ether oxygens (including phenoxy) is 1. The van der Waals surface area contributed by atoms with Gasteiger partial charge >= 0.3 is 0 Å². The molecule has 1 heterocycles. The van der Waals surface area contributed by atoms with Crippen molar-refractivity contribution in [2.75, 3.05) is 5.32 Å². The molecule has 1 aliphatic heterocycles. The normalized spacial score (nSPS) is 16.7. The molecule has 1 atom stereocenters. The van der Waals surface area contributed by atoms with Crippen LogP contribution in [0.25, 0.3) is 0 Å². The maximum absolute atomic E-state index is 11.5. The first-order chi connectivity index (χ1) is 9.69. The number of hydrogen-bond donors (Lipinski definition) is 3. The van der Waals surface area contributed by atoms with Crippen LogP contribution in [0.2, 0.25) is 0 Å². The van der Waals surface area contributed by atoms with Gasteiger partial charge in [-0.2, -0.15) is 0 Å². The van der Waals surface area contributed by atoms with E-state index in [1.165, 1.54) is 0 Å². The van der Waals surface area contributed by atoms with Crippen LogP contribution in [0.1, 0.15) is 17.2 Å². The molecule has 3 rings (SSSR count). The summed E-state index contributed by atoms with van der Waals surface area (Å²) in [6.07, 6.45) is 0. The number of carbonyl (C=O) groups is 1. The highest BCUT2D eigenvalue weighted by Crippen LogP contribution is 2.34. The monoisotopic (exact) mass is 270 g/mol. The van der Waals surface area contributed by atoms with Crippen LogP contribution in [0.5, 0.6) is 11.5 Å². The van der Waals surface area contributed by atoms with Gasteiger partial charge in [-0.1, -0.05) is 24.3 Å². The van der Waals surface area contributed by atoms with Gasteiger partial charge in [0.15, 0.2) is 0 Å². The largest absolute Gasteiger partial charge is 0.457 e. The highest BCUT2D eigenvalue weighted by atomic mass is 16.5. The predicted molar refractivity (Wildman–Crippen MR) is 74.4 cm³/mol. The SMILES string of the molecule is NC1C(=O)Nc2cc(Oc3ccccc3CO)ccc21. The van der Waals surface area contributed by atoms with Gasteiger partial charge in [-0.05, 0) is 12.1 Å². The van der Waals surface area contributed by atoms with Gasteiger partial charge in [0.05, 0.1) is 6.61 Å². The third kappa shape index (κ3) is 2.13. The van der Waals surface area contributed by atoms with Crippen molar-refractivity contribution >= 4 is 11.6 Å². The molecular weight excluding hydrogens is 256 g/mol. The molecule has 20 heavy (non-hydrogen) atoms. The Morgan fingerprint density at radius 3 is 2.85 bits per heavy atom. The quantitative estimate of drug-likeness (QED) is 0.795. The second-order valence-corrected chi connectivity index (χ2v) is 4.58. The average molecular weight is 270 g/mol. The maximum atomic E-state index is 11.5. The summed E-state index contributed by atoms with van der Waals surface area (Å²) in [5, 5.41) is 12.0. The summed E-state index contributed by atoms with van der Waals surface area (Å²) in [6.45, 7) is -0.0945. The van der Waals surface area contributed by atoms with Gasteiger partial charge in [0.1, 0.15) is 17.5 Å². The zero-order valence-electron chi connectivity index (χ0n) is 10.7. The number of nitrogens with two attached hydrogens (primary N) is 1. The minimum absolute atomic E-state index is 0.0945. The Morgan fingerprint density at radius 2 is 2.05 bits per heavy atom. The van der Waals surface area contributed by atoms with Crippen molar-refractivity contribution in [3.8, 4) is 11.5 Å². The Kier molecular flexibility index (Phi) is 3.14. The smallest absolute Gasteiger partial charge is 0.245 e. The summed E-state index contributed by atoms with van der Waals surface area (Å²) in [5.41, 5.74) is 7.88. The zero-order chi connectivity index (χ0) is 14.1. The zero-order valence-corrected chi connectivity index (χ0v) is 10.7. The highest BCUT2D eigenvalue weighted by Gasteiger charge is 2.27. The van der Waals surface area contributed by atoms with Crippen molar-refractivity contribution in [3.63, 3.8) is 0 Å². The molecule has 0 bridgehead atoms. The van der Waals surface area contributed by atoms with Crippen molar-refractivity contribution in [2.24, 2.45) is 5.73 Å². The van der Waals surface area contributed by atoms with Gasteiger partial charge < -0.3 is 20.9 Å². The fourth-order valence-electron chi connectivity index (χ4n) is 2.19. The summed E-state index contributed by atoms with van der Waals surface area (Å²) in [6, 6.07) is 11.9. The van der Waals surface area contributed by atoms with Gasteiger partial charge in [-0.3, -0.25) is 4.79 Å². The average Bonchev–Trinajstić information content (AvgIpc) is 2.74. The number of aliphatic hydroxyl groups is 1. The number of rotatable bonds is 3. The van der Waals surface area contributed by atoms with E-state index in [1.54, 1.807) is 30.3 Å². The number of amides is 1. The Bertz CT molecular complexity index is 670. The molecule has 1 aliphatic rings. The molecule has 0 spiro atoms. The second-order valence-electron chi connectivity index (χ2n) is 4.58. The molecule has 1 amide bonds. The van der Waals surface area contributed by atoms with Crippen molar-refractivity contribution in [1.82, 2.24) is 0 Å². The van der Waals surface area contributed by atoms with Crippen LogP contribution < -0.4 is 15.8 Å². The molecule has 0 aliphatic carbocycles. The molecule has 0 saturated carbocycles. The molecule has 102 valence electrons. The van der Waals surface area contributed by atoms with Crippen LogP contribution in [-0.2, 0) is 11.4 Å². The van der Waals surface area contributed by atoms with Crippen LogP contribution in [0.4, 0.5) is 5.69 Å². The van der Waals surface area contributed by atoms with E-state index in [-0.39, 0.29) is 12.5 Å². The van der Waals surface area contributed by atoms with Crippen LogP contribution in [0, 0.1) is 0 Å².